The maximum absolute atomic E-state index is 13.3. The van der Waals surface area contributed by atoms with E-state index in [-0.39, 0.29) is 37.0 Å². The van der Waals surface area contributed by atoms with Gasteiger partial charge >= 0.3 is 260 Å². The number of carbonyl (C=O) groups is 2. The van der Waals surface area contributed by atoms with Crippen molar-refractivity contribution in [2.45, 2.75) is 5.41 Å². The van der Waals surface area contributed by atoms with Crippen molar-refractivity contribution >= 4 is 71.5 Å². The first kappa shape index (κ1) is 25.0. The van der Waals surface area contributed by atoms with Crippen molar-refractivity contribution in [3.05, 3.63) is 129 Å². The number of fused-ring (bicyclic) bond motifs is 12. The molecule has 0 atom stereocenters. The van der Waals surface area contributed by atoms with E-state index in [0.717, 1.165) is 4.44 Å². The second kappa shape index (κ2) is 8.51. The topological polar surface area (TPSA) is 45.6 Å². The number of aromatic nitrogens is 1. The molecule has 1 spiro atoms. The van der Waals surface area contributed by atoms with Gasteiger partial charge in [0.2, 0.25) is 0 Å². The Labute approximate surface area is 259 Å². The van der Waals surface area contributed by atoms with Gasteiger partial charge in [-0.25, -0.2) is 0 Å². The summed E-state index contributed by atoms with van der Waals surface area (Å²) in [5.41, 5.74) is 9.52. The fourth-order valence-electron chi connectivity index (χ4n) is 7.52. The van der Waals surface area contributed by atoms with Gasteiger partial charge < -0.3 is 0 Å². The Kier molecular flexibility index (Phi) is 4.95. The summed E-state index contributed by atoms with van der Waals surface area (Å²) in [4.78, 5) is 29.4. The summed E-state index contributed by atoms with van der Waals surface area (Å²) in [6.45, 7) is 0. The van der Waals surface area contributed by atoms with Crippen LogP contribution in [0, 0.1) is 0 Å². The van der Waals surface area contributed by atoms with E-state index in [9.17, 15) is 9.59 Å². The van der Waals surface area contributed by atoms with E-state index in [0.29, 0.717) is 0 Å². The first-order valence-electron chi connectivity index (χ1n) is 14.1. The number of hydrogen-bond donors (Lipinski definition) is 0. The molecule has 4 heterocycles. The number of rotatable bonds is 1. The average Bonchev–Trinajstić information content (AvgIpc) is 3.70. The van der Waals surface area contributed by atoms with E-state index in [1.165, 1.54) is 69.5 Å². The Morgan fingerprint density at radius 3 is 1.98 bits per heavy atom. The number of carbonyl (C=O) groups excluding carboxylic acids is 2. The van der Waals surface area contributed by atoms with E-state index < -0.39 is 5.41 Å². The number of para-hydroxylation sites is 2. The summed E-state index contributed by atoms with van der Waals surface area (Å²) in [5.74, 6) is -0.726. The van der Waals surface area contributed by atoms with Gasteiger partial charge in [0.25, 0.3) is 0 Å². The number of nitrogens with zero attached hydrogens (tertiary/aromatic N) is 3. The molecule has 9 rings (SSSR count). The summed E-state index contributed by atoms with van der Waals surface area (Å²) in [7, 11) is 3.25. The van der Waals surface area contributed by atoms with Gasteiger partial charge in [0.05, 0.1) is 0 Å². The van der Waals surface area contributed by atoms with Crippen molar-refractivity contribution in [2.75, 3.05) is 14.1 Å². The summed E-state index contributed by atoms with van der Waals surface area (Å²) in [5, 5.41) is 2.67. The van der Waals surface area contributed by atoms with Crippen LogP contribution in [0.25, 0.3) is 43.6 Å². The Morgan fingerprint density at radius 2 is 1.28 bits per heavy atom. The van der Waals surface area contributed by atoms with Crippen LogP contribution in [0.4, 0.5) is 0 Å². The van der Waals surface area contributed by atoms with Crippen molar-refractivity contribution in [2.24, 2.45) is 0 Å². The second-order valence-electron chi connectivity index (χ2n) is 11.3. The molecule has 1 fully saturated rings. The first-order chi connectivity index (χ1) is 20.9. The van der Waals surface area contributed by atoms with Gasteiger partial charge in [-0.3, -0.25) is 0 Å². The van der Waals surface area contributed by atoms with Gasteiger partial charge in [-0.15, -0.1) is 0 Å². The van der Waals surface area contributed by atoms with E-state index in [4.69, 9.17) is 12.2 Å². The molecule has 1 aliphatic carbocycles. The van der Waals surface area contributed by atoms with Gasteiger partial charge in [0, 0.05) is 0 Å². The van der Waals surface area contributed by atoms with Crippen LogP contribution in [0.1, 0.15) is 26.7 Å². The third kappa shape index (κ3) is 2.94. The quantitative estimate of drug-likeness (QED) is 0.0941. The molecule has 0 bridgehead atoms. The van der Waals surface area contributed by atoms with Crippen molar-refractivity contribution in [1.29, 1.82) is 0 Å². The van der Waals surface area contributed by atoms with Crippen LogP contribution in [0.15, 0.2) is 103 Å². The fraction of sp³-hybridized carbons (Fsp3) is 0.0833. The maximum atomic E-state index is 13.3. The Morgan fingerprint density at radius 1 is 0.698 bits per heavy atom. The van der Waals surface area contributed by atoms with Crippen molar-refractivity contribution in [3.63, 3.8) is 0 Å². The predicted octanol–water partition coefficient (Wildman–Crippen LogP) is 6.12. The molecule has 0 saturated carbocycles. The summed E-state index contributed by atoms with van der Waals surface area (Å²) in [6, 6.07) is 35.1. The van der Waals surface area contributed by atoms with Crippen molar-refractivity contribution in [1.82, 2.24) is 14.4 Å². The summed E-state index contributed by atoms with van der Waals surface area (Å²) >= 11 is 5.16. The third-order valence-corrected chi connectivity index (χ3v) is 12.1. The van der Waals surface area contributed by atoms with E-state index in [2.05, 4.69) is 102 Å². The molecule has 0 N–H and O–H groups in total. The zero-order valence-corrected chi connectivity index (χ0v) is 25.8. The van der Waals surface area contributed by atoms with Crippen molar-refractivity contribution in [3.8, 4) is 15.7 Å². The van der Waals surface area contributed by atoms with Crippen LogP contribution in [-0.4, -0.2) is 59.9 Å². The summed E-state index contributed by atoms with van der Waals surface area (Å²) in [6.07, 6.45) is 1.81. The molecule has 2 aliphatic heterocycles. The molecule has 2 aromatic heterocycles. The van der Waals surface area contributed by atoms with Crippen LogP contribution < -0.4 is 0 Å². The minimum absolute atomic E-state index is 0.146. The predicted molar refractivity (Wildman–Crippen MR) is 175 cm³/mol. The van der Waals surface area contributed by atoms with E-state index >= 15 is 0 Å². The fourth-order valence-corrected chi connectivity index (χ4v) is 10.2. The Bertz CT molecular complexity index is 2240. The molecule has 0 radical (unpaired) electrons. The monoisotopic (exact) mass is 641 g/mol. The molecular weight excluding hydrogens is 617 g/mol. The first-order valence-corrected chi connectivity index (χ1v) is 16.2. The van der Waals surface area contributed by atoms with Gasteiger partial charge in [0.15, 0.2) is 0 Å². The number of benzene rings is 4. The standard InChI is InChI=1S/C36H23N3O2SSe/c1-37-32(40)25(33(41)38(2)35(37)42)18-20-19-29-34(43-20)39-30-17-8-5-12-23(30)24-13-9-16-28(31(24)39)36(29)26-14-6-3-10-21(26)22-11-4-7-15-27(22)36/h3-19H,1-2H3. The van der Waals surface area contributed by atoms with Crippen LogP contribution in [0.3, 0.4) is 0 Å². The van der Waals surface area contributed by atoms with Crippen LogP contribution in [0.5, 0.6) is 0 Å². The molecule has 5 nitrogen and oxygen atoms in total. The molecule has 4 aromatic carbocycles. The molecule has 0 unspecified atom stereocenters. The van der Waals surface area contributed by atoms with Crippen LogP contribution in [-0.2, 0) is 15.0 Å². The Hall–Kier alpha value is -4.55. The molecule has 3 aliphatic rings. The molecule has 206 valence electrons. The zero-order valence-electron chi connectivity index (χ0n) is 23.3. The average molecular weight is 641 g/mol. The zero-order chi connectivity index (χ0) is 29.2. The SMILES string of the molecule is CN1C(=O)C(=Cc2cc3c([se]2)-n2c4ccccc4c4cccc(c42)C32c3ccccc3-c3ccccc32)C(=O)N(C)C1=S. The summed E-state index contributed by atoms with van der Waals surface area (Å²) < 4.78 is 4.68. The van der Waals surface area contributed by atoms with Gasteiger partial charge in [-0.05, 0) is 0 Å². The van der Waals surface area contributed by atoms with E-state index in [1.54, 1.807) is 14.1 Å². The molecule has 1 saturated heterocycles. The second-order valence-corrected chi connectivity index (χ2v) is 13.9. The number of amides is 2. The minimum atomic E-state index is -0.524. The molecule has 2 amide bonds. The van der Waals surface area contributed by atoms with Gasteiger partial charge in [0.1, 0.15) is 0 Å². The molecule has 43 heavy (non-hydrogen) atoms. The molecular formula is C36H23N3O2SSe. The number of hydrogen-bond acceptors (Lipinski definition) is 3. The van der Waals surface area contributed by atoms with Gasteiger partial charge in [-0.2, -0.15) is 0 Å². The van der Waals surface area contributed by atoms with Crippen molar-refractivity contribution < 1.29 is 9.59 Å². The Balaban J connectivity index is 1.43. The van der Waals surface area contributed by atoms with E-state index in [1.807, 2.05) is 6.08 Å². The number of likely N-dealkylation sites (N-methyl/N-ethyl adjacent to an activating group) is 2. The normalized spacial score (nSPS) is 16.3. The van der Waals surface area contributed by atoms with Crippen LogP contribution in [0.2, 0.25) is 0 Å². The molecule has 7 heteroatoms. The third-order valence-electron chi connectivity index (χ3n) is 9.32. The van der Waals surface area contributed by atoms with Crippen LogP contribution >= 0.6 is 12.2 Å². The number of thiocarbonyl (C=S) groups is 1. The molecule has 6 aromatic rings. The van der Waals surface area contributed by atoms with Gasteiger partial charge in [-0.1, -0.05) is 0 Å².